The maximum Gasteiger partial charge on any atom is 0.328 e. The Morgan fingerprint density at radius 2 is 1.79 bits per heavy atom. The SMILES string of the molecule is COC(=O)[C@H](Cc1cccc2ccccc12)NC(=O)CCC(C)C. The highest BCUT2D eigenvalue weighted by Gasteiger charge is 2.22. The second-order valence-electron chi connectivity index (χ2n) is 6.42. The largest absolute Gasteiger partial charge is 0.467 e. The van der Waals surface area contributed by atoms with Crippen molar-refractivity contribution in [1.29, 1.82) is 0 Å². The number of methoxy groups -OCH3 is 1. The van der Waals surface area contributed by atoms with Crippen molar-refractivity contribution >= 4 is 22.6 Å². The van der Waals surface area contributed by atoms with Gasteiger partial charge < -0.3 is 10.1 Å². The van der Waals surface area contributed by atoms with E-state index < -0.39 is 12.0 Å². The molecule has 0 unspecified atom stereocenters. The first-order chi connectivity index (χ1) is 11.5. The lowest BCUT2D eigenvalue weighted by Crippen LogP contribution is -2.43. The summed E-state index contributed by atoms with van der Waals surface area (Å²) >= 11 is 0. The molecule has 2 aromatic rings. The van der Waals surface area contributed by atoms with Crippen molar-refractivity contribution in [2.75, 3.05) is 7.11 Å². The summed E-state index contributed by atoms with van der Waals surface area (Å²) in [4.78, 5) is 24.2. The van der Waals surface area contributed by atoms with Crippen LogP contribution in [0.1, 0.15) is 32.3 Å². The van der Waals surface area contributed by atoms with Crippen LogP contribution in [0.2, 0.25) is 0 Å². The Morgan fingerprint density at radius 3 is 2.50 bits per heavy atom. The van der Waals surface area contributed by atoms with Crippen molar-refractivity contribution in [2.45, 2.75) is 39.2 Å². The molecule has 4 heteroatoms. The molecule has 0 radical (unpaired) electrons. The smallest absolute Gasteiger partial charge is 0.328 e. The molecule has 0 aliphatic heterocycles. The maximum absolute atomic E-state index is 12.1. The van der Waals surface area contributed by atoms with E-state index in [4.69, 9.17) is 4.74 Å². The summed E-state index contributed by atoms with van der Waals surface area (Å²) in [6, 6.07) is 13.3. The van der Waals surface area contributed by atoms with Crippen LogP contribution >= 0.6 is 0 Å². The Kier molecular flexibility index (Phi) is 6.36. The van der Waals surface area contributed by atoms with Gasteiger partial charge in [0.05, 0.1) is 7.11 Å². The molecule has 1 amide bonds. The van der Waals surface area contributed by atoms with E-state index in [1.165, 1.54) is 7.11 Å². The van der Waals surface area contributed by atoms with E-state index in [2.05, 4.69) is 19.2 Å². The highest BCUT2D eigenvalue weighted by Crippen LogP contribution is 2.20. The van der Waals surface area contributed by atoms with E-state index in [0.717, 1.165) is 22.8 Å². The van der Waals surface area contributed by atoms with Crippen LogP contribution in [0.3, 0.4) is 0 Å². The third-order valence-corrected chi connectivity index (χ3v) is 4.07. The van der Waals surface area contributed by atoms with E-state index in [-0.39, 0.29) is 5.91 Å². The number of rotatable bonds is 7. The fourth-order valence-electron chi connectivity index (χ4n) is 2.71. The molecular formula is C20H25NO3. The van der Waals surface area contributed by atoms with Crippen LogP contribution in [0.5, 0.6) is 0 Å². The average Bonchev–Trinajstić information content (AvgIpc) is 2.59. The number of esters is 1. The second kappa shape index (κ2) is 8.48. The normalized spacial score (nSPS) is 12.2. The van der Waals surface area contributed by atoms with Gasteiger partial charge in [0, 0.05) is 12.8 Å². The zero-order chi connectivity index (χ0) is 17.5. The molecule has 0 aliphatic rings. The number of hydrogen-bond acceptors (Lipinski definition) is 3. The Bertz CT molecular complexity index is 704. The van der Waals surface area contributed by atoms with Gasteiger partial charge in [-0.3, -0.25) is 4.79 Å². The number of nitrogens with one attached hydrogen (secondary N) is 1. The van der Waals surface area contributed by atoms with Crippen LogP contribution in [-0.4, -0.2) is 25.0 Å². The maximum atomic E-state index is 12.1. The quantitative estimate of drug-likeness (QED) is 0.792. The fourth-order valence-corrected chi connectivity index (χ4v) is 2.71. The molecule has 0 aromatic heterocycles. The Balaban J connectivity index is 2.16. The fraction of sp³-hybridized carbons (Fsp3) is 0.400. The molecule has 2 aromatic carbocycles. The average molecular weight is 327 g/mol. The van der Waals surface area contributed by atoms with Crippen LogP contribution in [0, 0.1) is 5.92 Å². The molecule has 1 atom stereocenters. The van der Waals surface area contributed by atoms with Gasteiger partial charge in [0.2, 0.25) is 5.91 Å². The molecule has 24 heavy (non-hydrogen) atoms. The molecule has 0 aliphatic carbocycles. The van der Waals surface area contributed by atoms with Gasteiger partial charge in [0.15, 0.2) is 0 Å². The van der Waals surface area contributed by atoms with Gasteiger partial charge in [-0.15, -0.1) is 0 Å². The summed E-state index contributed by atoms with van der Waals surface area (Å²) in [5.74, 6) is -0.0782. The van der Waals surface area contributed by atoms with Crippen molar-refractivity contribution < 1.29 is 14.3 Å². The van der Waals surface area contributed by atoms with Crippen molar-refractivity contribution in [3.8, 4) is 0 Å². The van der Waals surface area contributed by atoms with Gasteiger partial charge in [-0.1, -0.05) is 56.3 Å². The molecule has 128 valence electrons. The Labute approximate surface area is 143 Å². The van der Waals surface area contributed by atoms with Gasteiger partial charge in [-0.05, 0) is 28.7 Å². The molecule has 0 fully saturated rings. The minimum atomic E-state index is -0.666. The topological polar surface area (TPSA) is 55.4 Å². The highest BCUT2D eigenvalue weighted by atomic mass is 16.5. The van der Waals surface area contributed by atoms with E-state index in [9.17, 15) is 9.59 Å². The van der Waals surface area contributed by atoms with Crippen LogP contribution in [0.15, 0.2) is 42.5 Å². The first-order valence-corrected chi connectivity index (χ1v) is 8.35. The molecule has 0 spiro atoms. The molecule has 0 bridgehead atoms. The number of ether oxygens (including phenoxy) is 1. The lowest BCUT2D eigenvalue weighted by atomic mass is 9.98. The van der Waals surface area contributed by atoms with Crippen LogP contribution in [0.4, 0.5) is 0 Å². The molecule has 0 heterocycles. The zero-order valence-corrected chi connectivity index (χ0v) is 14.5. The van der Waals surface area contributed by atoms with E-state index in [0.29, 0.717) is 18.8 Å². The highest BCUT2D eigenvalue weighted by molar-refractivity contribution is 5.88. The minimum absolute atomic E-state index is 0.112. The Morgan fingerprint density at radius 1 is 1.08 bits per heavy atom. The van der Waals surface area contributed by atoms with Crippen molar-refractivity contribution in [3.05, 3.63) is 48.0 Å². The lowest BCUT2D eigenvalue weighted by molar-refractivity contribution is -0.145. The number of carbonyl (C=O) groups is 2. The van der Waals surface area contributed by atoms with Crippen molar-refractivity contribution in [1.82, 2.24) is 5.32 Å². The number of benzene rings is 2. The summed E-state index contributed by atoms with van der Waals surface area (Å²) in [5.41, 5.74) is 1.02. The molecule has 0 saturated carbocycles. The third-order valence-electron chi connectivity index (χ3n) is 4.07. The Hall–Kier alpha value is -2.36. The molecule has 1 N–H and O–H groups in total. The summed E-state index contributed by atoms with van der Waals surface area (Å²) in [6.07, 6.45) is 1.64. The molecule has 2 rings (SSSR count). The summed E-state index contributed by atoms with van der Waals surface area (Å²) in [7, 11) is 1.35. The number of amides is 1. The molecule has 0 saturated heterocycles. The standard InChI is InChI=1S/C20H25NO3/c1-14(2)11-12-19(22)21-18(20(23)24-3)13-16-9-6-8-15-7-4-5-10-17(15)16/h4-10,14,18H,11-13H2,1-3H3,(H,21,22)/t18-/m0/s1. The van der Waals surface area contributed by atoms with Gasteiger partial charge in [0.1, 0.15) is 6.04 Å². The third kappa shape index (κ3) is 4.82. The summed E-state index contributed by atoms with van der Waals surface area (Å²) in [6.45, 7) is 4.14. The first kappa shape index (κ1) is 18.0. The van der Waals surface area contributed by atoms with Gasteiger partial charge >= 0.3 is 5.97 Å². The number of hydrogen-bond donors (Lipinski definition) is 1. The van der Waals surface area contributed by atoms with Gasteiger partial charge in [0.25, 0.3) is 0 Å². The minimum Gasteiger partial charge on any atom is -0.467 e. The van der Waals surface area contributed by atoms with Gasteiger partial charge in [-0.2, -0.15) is 0 Å². The van der Waals surface area contributed by atoms with Crippen LogP contribution < -0.4 is 5.32 Å². The summed E-state index contributed by atoms with van der Waals surface area (Å²) < 4.78 is 4.87. The second-order valence-corrected chi connectivity index (χ2v) is 6.42. The number of carbonyl (C=O) groups excluding carboxylic acids is 2. The molecule has 4 nitrogen and oxygen atoms in total. The predicted octanol–water partition coefficient (Wildman–Crippen LogP) is 3.48. The van der Waals surface area contributed by atoms with E-state index in [1.54, 1.807) is 0 Å². The van der Waals surface area contributed by atoms with Crippen molar-refractivity contribution in [2.24, 2.45) is 5.92 Å². The first-order valence-electron chi connectivity index (χ1n) is 8.35. The van der Waals surface area contributed by atoms with Crippen LogP contribution in [0.25, 0.3) is 10.8 Å². The lowest BCUT2D eigenvalue weighted by Gasteiger charge is -2.18. The van der Waals surface area contributed by atoms with Crippen molar-refractivity contribution in [3.63, 3.8) is 0 Å². The van der Waals surface area contributed by atoms with E-state index in [1.807, 2.05) is 42.5 Å². The monoisotopic (exact) mass is 327 g/mol. The number of fused-ring (bicyclic) bond motifs is 1. The zero-order valence-electron chi connectivity index (χ0n) is 14.5. The van der Waals surface area contributed by atoms with Gasteiger partial charge in [-0.25, -0.2) is 4.79 Å². The van der Waals surface area contributed by atoms with Crippen LogP contribution in [-0.2, 0) is 20.7 Å². The predicted molar refractivity (Wildman–Crippen MR) is 95.7 cm³/mol. The molecular weight excluding hydrogens is 302 g/mol. The summed E-state index contributed by atoms with van der Waals surface area (Å²) in [5, 5.41) is 5.03. The van der Waals surface area contributed by atoms with E-state index >= 15 is 0 Å².